The van der Waals surface area contributed by atoms with Crippen LogP contribution in [0.3, 0.4) is 0 Å². The molecule has 0 bridgehead atoms. The second kappa shape index (κ2) is 11.5. The van der Waals surface area contributed by atoms with Crippen molar-refractivity contribution in [3.05, 3.63) is 64.7 Å². The van der Waals surface area contributed by atoms with Crippen molar-refractivity contribution >= 4 is 39.1 Å². The van der Waals surface area contributed by atoms with Crippen molar-refractivity contribution in [1.29, 1.82) is 0 Å². The van der Waals surface area contributed by atoms with Gasteiger partial charge in [0.25, 0.3) is 0 Å². The van der Waals surface area contributed by atoms with E-state index in [-0.39, 0.29) is 18.5 Å². The zero-order chi connectivity index (χ0) is 24.8. The van der Waals surface area contributed by atoms with Gasteiger partial charge in [0.2, 0.25) is 21.8 Å². The van der Waals surface area contributed by atoms with E-state index in [4.69, 9.17) is 11.6 Å². The summed E-state index contributed by atoms with van der Waals surface area (Å²) in [6.45, 7) is 7.05. The summed E-state index contributed by atoms with van der Waals surface area (Å²) in [6, 6.07) is 13.0. The number of carbonyl (C=O) groups excluding carboxylic acids is 2. The van der Waals surface area contributed by atoms with Crippen molar-refractivity contribution in [2.75, 3.05) is 17.1 Å². The molecular formula is C24H32ClN3O4S. The van der Waals surface area contributed by atoms with Crippen molar-refractivity contribution in [3.63, 3.8) is 0 Å². The van der Waals surface area contributed by atoms with Gasteiger partial charge in [0.1, 0.15) is 12.6 Å². The van der Waals surface area contributed by atoms with Crippen LogP contribution < -0.4 is 9.62 Å². The maximum Gasteiger partial charge on any atom is 0.244 e. The van der Waals surface area contributed by atoms with Crippen molar-refractivity contribution < 1.29 is 18.0 Å². The second-order valence-electron chi connectivity index (χ2n) is 8.25. The van der Waals surface area contributed by atoms with Gasteiger partial charge in [-0.2, -0.15) is 0 Å². The predicted molar refractivity (Wildman–Crippen MR) is 133 cm³/mol. The normalized spacial score (nSPS) is 13.2. The summed E-state index contributed by atoms with van der Waals surface area (Å²) in [4.78, 5) is 27.7. The van der Waals surface area contributed by atoms with E-state index in [1.807, 2.05) is 26.8 Å². The molecule has 2 atom stereocenters. The van der Waals surface area contributed by atoms with Crippen molar-refractivity contribution in [1.82, 2.24) is 10.2 Å². The zero-order valence-electron chi connectivity index (χ0n) is 19.7. The summed E-state index contributed by atoms with van der Waals surface area (Å²) in [7, 11) is -3.74. The molecule has 0 spiro atoms. The van der Waals surface area contributed by atoms with Gasteiger partial charge in [-0.3, -0.25) is 13.9 Å². The Bertz CT molecular complexity index is 1070. The number of halogens is 1. The molecule has 0 saturated carbocycles. The molecule has 0 aliphatic rings. The van der Waals surface area contributed by atoms with Gasteiger partial charge in [-0.1, -0.05) is 42.8 Å². The van der Waals surface area contributed by atoms with E-state index in [1.165, 1.54) is 4.90 Å². The Morgan fingerprint density at radius 2 is 1.73 bits per heavy atom. The SMILES string of the molecule is CC[C@@H](C)NC(=O)[C@H](C)N(Cc1ccc(Cl)cc1)C(=O)CN(c1cccc(C)c1)S(C)(=O)=O. The monoisotopic (exact) mass is 493 g/mol. The van der Waals surface area contributed by atoms with Crippen LogP contribution in [-0.2, 0) is 26.2 Å². The van der Waals surface area contributed by atoms with Gasteiger partial charge < -0.3 is 10.2 Å². The van der Waals surface area contributed by atoms with Gasteiger partial charge in [0.15, 0.2) is 0 Å². The van der Waals surface area contributed by atoms with Crippen LogP contribution in [-0.4, -0.2) is 50.0 Å². The summed E-state index contributed by atoms with van der Waals surface area (Å²) >= 11 is 5.98. The molecule has 0 heterocycles. The van der Waals surface area contributed by atoms with E-state index in [0.29, 0.717) is 10.7 Å². The quantitative estimate of drug-likeness (QED) is 0.546. The molecule has 2 aromatic carbocycles. The third kappa shape index (κ3) is 7.75. The van der Waals surface area contributed by atoms with E-state index in [1.54, 1.807) is 49.4 Å². The Hall–Kier alpha value is -2.58. The highest BCUT2D eigenvalue weighted by Gasteiger charge is 2.30. The fraction of sp³-hybridized carbons (Fsp3) is 0.417. The minimum absolute atomic E-state index is 0.0488. The second-order valence-corrected chi connectivity index (χ2v) is 10.6. The van der Waals surface area contributed by atoms with Crippen LogP contribution in [0.15, 0.2) is 48.5 Å². The van der Waals surface area contributed by atoms with Gasteiger partial charge in [0, 0.05) is 17.6 Å². The minimum atomic E-state index is -3.74. The molecule has 0 radical (unpaired) electrons. The lowest BCUT2D eigenvalue weighted by atomic mass is 10.1. The molecule has 2 aromatic rings. The molecule has 7 nitrogen and oxygen atoms in total. The molecule has 2 rings (SSSR count). The van der Waals surface area contributed by atoms with Crippen LogP contribution >= 0.6 is 11.6 Å². The molecule has 180 valence electrons. The fourth-order valence-corrected chi connectivity index (χ4v) is 4.20. The van der Waals surface area contributed by atoms with Crippen molar-refractivity contribution in [2.24, 2.45) is 0 Å². The van der Waals surface area contributed by atoms with Crippen LogP contribution in [0, 0.1) is 6.92 Å². The number of nitrogens with one attached hydrogen (secondary N) is 1. The first-order valence-electron chi connectivity index (χ1n) is 10.8. The number of benzene rings is 2. The molecule has 1 N–H and O–H groups in total. The minimum Gasteiger partial charge on any atom is -0.352 e. The van der Waals surface area contributed by atoms with E-state index in [9.17, 15) is 18.0 Å². The molecule has 0 aliphatic carbocycles. The number of nitrogens with zero attached hydrogens (tertiary/aromatic N) is 2. The Kier molecular flexibility index (Phi) is 9.31. The Labute approximate surface area is 201 Å². The smallest absolute Gasteiger partial charge is 0.244 e. The van der Waals surface area contributed by atoms with Crippen molar-refractivity contribution in [3.8, 4) is 0 Å². The summed E-state index contributed by atoms with van der Waals surface area (Å²) in [5.74, 6) is -0.781. The largest absolute Gasteiger partial charge is 0.352 e. The molecule has 2 amide bonds. The Balaban J connectivity index is 2.37. The summed E-state index contributed by atoms with van der Waals surface area (Å²) in [6.07, 6.45) is 1.81. The maximum absolute atomic E-state index is 13.4. The molecule has 0 fully saturated rings. The number of sulfonamides is 1. The van der Waals surface area contributed by atoms with Gasteiger partial charge in [-0.15, -0.1) is 0 Å². The predicted octanol–water partition coefficient (Wildman–Crippen LogP) is 3.75. The summed E-state index contributed by atoms with van der Waals surface area (Å²) in [5, 5.41) is 3.45. The van der Waals surface area contributed by atoms with E-state index in [2.05, 4.69) is 5.32 Å². The van der Waals surface area contributed by atoms with E-state index in [0.717, 1.165) is 28.1 Å². The number of aryl methyl sites for hydroxylation is 1. The lowest BCUT2D eigenvalue weighted by molar-refractivity contribution is -0.139. The third-order valence-corrected chi connectivity index (χ3v) is 6.80. The Morgan fingerprint density at radius 3 is 2.27 bits per heavy atom. The third-order valence-electron chi connectivity index (χ3n) is 5.40. The molecular weight excluding hydrogens is 462 g/mol. The van der Waals surface area contributed by atoms with Gasteiger partial charge >= 0.3 is 0 Å². The van der Waals surface area contributed by atoms with Gasteiger partial charge in [-0.05, 0) is 62.6 Å². The lowest BCUT2D eigenvalue weighted by Gasteiger charge is -2.32. The van der Waals surface area contributed by atoms with Crippen LogP contribution in [0.4, 0.5) is 5.69 Å². The molecule has 0 aromatic heterocycles. The van der Waals surface area contributed by atoms with E-state index < -0.39 is 28.5 Å². The van der Waals surface area contributed by atoms with Gasteiger partial charge in [0.05, 0.1) is 11.9 Å². The number of carbonyl (C=O) groups is 2. The molecule has 0 unspecified atom stereocenters. The number of anilines is 1. The number of hydrogen-bond acceptors (Lipinski definition) is 4. The first-order chi connectivity index (χ1) is 15.4. The average molecular weight is 494 g/mol. The Morgan fingerprint density at radius 1 is 1.09 bits per heavy atom. The highest BCUT2D eigenvalue weighted by atomic mass is 35.5. The topological polar surface area (TPSA) is 86.8 Å². The summed E-state index contributed by atoms with van der Waals surface area (Å²) in [5.41, 5.74) is 2.04. The van der Waals surface area contributed by atoms with Crippen LogP contribution in [0.25, 0.3) is 0 Å². The summed E-state index contributed by atoms with van der Waals surface area (Å²) < 4.78 is 26.2. The number of rotatable bonds is 10. The highest BCUT2D eigenvalue weighted by Crippen LogP contribution is 2.20. The van der Waals surface area contributed by atoms with Crippen LogP contribution in [0.1, 0.15) is 38.3 Å². The van der Waals surface area contributed by atoms with Crippen LogP contribution in [0.2, 0.25) is 5.02 Å². The number of amides is 2. The van der Waals surface area contributed by atoms with Gasteiger partial charge in [-0.25, -0.2) is 8.42 Å². The lowest BCUT2D eigenvalue weighted by Crippen LogP contribution is -2.52. The standard InChI is InChI=1S/C24H32ClN3O4S/c1-6-18(3)26-24(30)19(4)27(15-20-10-12-21(25)13-11-20)23(29)16-28(33(5,31)32)22-9-7-8-17(2)14-22/h7-14,18-19H,6,15-16H2,1-5H3,(H,26,30)/t18-,19+/m1/s1. The molecule has 0 saturated heterocycles. The van der Waals surface area contributed by atoms with Crippen molar-refractivity contribution in [2.45, 2.75) is 52.7 Å². The first-order valence-corrected chi connectivity index (χ1v) is 13.0. The molecule has 33 heavy (non-hydrogen) atoms. The zero-order valence-corrected chi connectivity index (χ0v) is 21.3. The first kappa shape index (κ1) is 26.7. The fourth-order valence-electron chi connectivity index (χ4n) is 3.23. The molecule has 9 heteroatoms. The van der Waals surface area contributed by atoms with E-state index >= 15 is 0 Å². The average Bonchev–Trinajstić information content (AvgIpc) is 2.75. The van der Waals surface area contributed by atoms with Crippen LogP contribution in [0.5, 0.6) is 0 Å². The molecule has 0 aliphatic heterocycles. The number of hydrogen-bond donors (Lipinski definition) is 1. The maximum atomic E-state index is 13.4. The highest BCUT2D eigenvalue weighted by molar-refractivity contribution is 7.92.